The van der Waals surface area contributed by atoms with Gasteiger partial charge in [0.15, 0.2) is 12.2 Å². The molecule has 1 heterocycles. The Morgan fingerprint density at radius 3 is 1.88 bits per heavy atom. The van der Waals surface area contributed by atoms with Gasteiger partial charge in [0.1, 0.15) is 6.10 Å². The van der Waals surface area contributed by atoms with Crippen molar-refractivity contribution in [2.75, 3.05) is 13.2 Å². The Hall–Kier alpha value is -2.25. The van der Waals surface area contributed by atoms with Gasteiger partial charge in [0.25, 0.3) is 0 Å². The average Bonchev–Trinajstić information content (AvgIpc) is 2.73. The molecule has 1 fully saturated rings. The van der Waals surface area contributed by atoms with Crippen LogP contribution in [0, 0.1) is 12.8 Å². The van der Waals surface area contributed by atoms with Crippen LogP contribution in [0.25, 0.3) is 0 Å². The number of aryl methyl sites for hydroxylation is 1. The van der Waals surface area contributed by atoms with E-state index in [-0.39, 0.29) is 24.3 Å². The van der Waals surface area contributed by atoms with E-state index in [0.717, 1.165) is 24.8 Å². The van der Waals surface area contributed by atoms with Gasteiger partial charge in [0, 0.05) is 17.0 Å². The van der Waals surface area contributed by atoms with Gasteiger partial charge in [-0.2, -0.15) is 5.06 Å². The summed E-state index contributed by atoms with van der Waals surface area (Å²) in [4.78, 5) is 44.9. The SMILES string of the molecule is CCOC(=O)C(C(=O)OCC)[C@H](c1ccc(C)cc1)[C@@H](C=O)ON1C(C)(C)CCCC1(C)C. The fourth-order valence-electron chi connectivity index (χ4n) is 4.77. The lowest BCUT2D eigenvalue weighted by atomic mass is 9.80. The van der Waals surface area contributed by atoms with Gasteiger partial charge in [-0.25, -0.2) is 0 Å². The lowest BCUT2D eigenvalue weighted by Gasteiger charge is -2.52. The molecule has 1 aliphatic rings. The van der Waals surface area contributed by atoms with Crippen LogP contribution < -0.4 is 0 Å². The summed E-state index contributed by atoms with van der Waals surface area (Å²) in [6, 6.07) is 7.40. The highest BCUT2D eigenvalue weighted by Gasteiger charge is 2.48. The van der Waals surface area contributed by atoms with Crippen molar-refractivity contribution in [2.24, 2.45) is 5.92 Å². The minimum Gasteiger partial charge on any atom is -0.465 e. The van der Waals surface area contributed by atoms with Crippen LogP contribution in [0.5, 0.6) is 0 Å². The van der Waals surface area contributed by atoms with Gasteiger partial charge < -0.3 is 14.3 Å². The van der Waals surface area contributed by atoms with E-state index in [1.54, 1.807) is 13.8 Å². The van der Waals surface area contributed by atoms with Crippen molar-refractivity contribution >= 4 is 18.2 Å². The van der Waals surface area contributed by atoms with Crippen molar-refractivity contribution in [3.63, 3.8) is 0 Å². The van der Waals surface area contributed by atoms with Gasteiger partial charge in [0.2, 0.25) is 0 Å². The fourth-order valence-corrected chi connectivity index (χ4v) is 4.77. The number of rotatable bonds is 10. The first-order valence-electron chi connectivity index (χ1n) is 11.8. The molecule has 0 bridgehead atoms. The van der Waals surface area contributed by atoms with E-state index in [0.29, 0.717) is 11.8 Å². The Morgan fingerprint density at radius 1 is 0.970 bits per heavy atom. The van der Waals surface area contributed by atoms with Crippen LogP contribution in [-0.4, -0.2) is 53.7 Å². The maximum absolute atomic E-state index is 13.0. The molecule has 33 heavy (non-hydrogen) atoms. The van der Waals surface area contributed by atoms with Crippen molar-refractivity contribution < 1.29 is 28.7 Å². The molecule has 0 saturated carbocycles. The molecule has 7 heteroatoms. The lowest BCUT2D eigenvalue weighted by Crippen LogP contribution is -2.60. The Balaban J connectivity index is 2.58. The largest absolute Gasteiger partial charge is 0.465 e. The van der Waals surface area contributed by atoms with Crippen LogP contribution in [0.3, 0.4) is 0 Å². The monoisotopic (exact) mass is 461 g/mol. The molecule has 1 saturated heterocycles. The smallest absolute Gasteiger partial charge is 0.321 e. The molecular formula is C26H39NO6. The first kappa shape index (κ1) is 27.0. The second-order valence-electron chi connectivity index (χ2n) is 9.90. The van der Waals surface area contributed by atoms with E-state index >= 15 is 0 Å². The number of carbonyl (C=O) groups excluding carboxylic acids is 3. The molecule has 0 aromatic heterocycles. The Morgan fingerprint density at radius 2 is 1.45 bits per heavy atom. The second kappa shape index (κ2) is 11.3. The summed E-state index contributed by atoms with van der Waals surface area (Å²) in [5.41, 5.74) is 0.994. The van der Waals surface area contributed by atoms with Gasteiger partial charge in [-0.1, -0.05) is 29.8 Å². The zero-order valence-corrected chi connectivity index (χ0v) is 21.1. The highest BCUT2D eigenvalue weighted by Crippen LogP contribution is 2.41. The highest BCUT2D eigenvalue weighted by atomic mass is 16.7. The number of aldehydes is 1. The molecule has 1 aromatic rings. The first-order chi connectivity index (χ1) is 15.5. The maximum atomic E-state index is 13.0. The van der Waals surface area contributed by atoms with Gasteiger partial charge in [0.05, 0.1) is 13.2 Å². The zero-order chi connectivity index (χ0) is 24.8. The van der Waals surface area contributed by atoms with Crippen molar-refractivity contribution in [2.45, 2.75) is 90.8 Å². The number of esters is 2. The van der Waals surface area contributed by atoms with Gasteiger partial charge >= 0.3 is 11.9 Å². The summed E-state index contributed by atoms with van der Waals surface area (Å²) in [5.74, 6) is -3.70. The summed E-state index contributed by atoms with van der Waals surface area (Å²) in [7, 11) is 0. The Kier molecular flexibility index (Phi) is 9.20. The molecule has 0 amide bonds. The quantitative estimate of drug-likeness (QED) is 0.291. The molecule has 2 atom stereocenters. The Labute approximate surface area is 197 Å². The normalized spacial score (nSPS) is 19.5. The average molecular weight is 462 g/mol. The van der Waals surface area contributed by atoms with E-state index in [1.807, 2.05) is 36.3 Å². The van der Waals surface area contributed by atoms with Crippen LogP contribution in [0.1, 0.15) is 77.8 Å². The minimum atomic E-state index is -1.33. The molecule has 0 N–H and O–H groups in total. The fraction of sp³-hybridized carbons (Fsp3) is 0.654. The molecule has 1 aromatic carbocycles. The Bertz CT molecular complexity index is 783. The highest BCUT2D eigenvalue weighted by molar-refractivity contribution is 5.96. The number of hydrogen-bond acceptors (Lipinski definition) is 7. The molecule has 2 rings (SSSR count). The van der Waals surface area contributed by atoms with Crippen LogP contribution in [0.15, 0.2) is 24.3 Å². The van der Waals surface area contributed by atoms with E-state index in [4.69, 9.17) is 14.3 Å². The predicted molar refractivity (Wildman–Crippen MR) is 125 cm³/mol. The van der Waals surface area contributed by atoms with E-state index < -0.39 is 29.9 Å². The molecule has 1 aliphatic heterocycles. The molecule has 184 valence electrons. The molecule has 0 spiro atoms. The van der Waals surface area contributed by atoms with Gasteiger partial charge in [-0.05, 0) is 73.3 Å². The standard InChI is InChI=1S/C26H39NO6/c1-8-31-23(29)22(24(30)32-9-2)21(19-13-11-18(3)12-14-19)20(17-28)33-27-25(4,5)15-10-16-26(27,6)7/h11-14,17,20-22H,8-10,15-16H2,1-7H3/t20-,21-/m1/s1. The molecule has 0 aliphatic carbocycles. The second-order valence-corrected chi connectivity index (χ2v) is 9.90. The number of hydroxylamine groups is 2. The maximum Gasteiger partial charge on any atom is 0.321 e. The minimum absolute atomic E-state index is 0.105. The number of benzene rings is 1. The molecule has 0 radical (unpaired) electrons. The van der Waals surface area contributed by atoms with Gasteiger partial charge in [-0.3, -0.25) is 14.4 Å². The molecular weight excluding hydrogens is 422 g/mol. The number of piperidine rings is 1. The summed E-state index contributed by atoms with van der Waals surface area (Å²) in [5, 5.41) is 1.87. The number of ether oxygens (including phenoxy) is 2. The topological polar surface area (TPSA) is 82.1 Å². The van der Waals surface area contributed by atoms with E-state index in [1.165, 1.54) is 0 Å². The van der Waals surface area contributed by atoms with Crippen molar-refractivity contribution in [3.05, 3.63) is 35.4 Å². The van der Waals surface area contributed by atoms with Crippen LogP contribution in [-0.2, 0) is 28.7 Å². The summed E-state index contributed by atoms with van der Waals surface area (Å²) in [6.07, 6.45) is 2.42. The third-order valence-electron chi connectivity index (χ3n) is 6.29. The van der Waals surface area contributed by atoms with Crippen LogP contribution >= 0.6 is 0 Å². The number of nitrogens with zero attached hydrogens (tertiary/aromatic N) is 1. The summed E-state index contributed by atoms with van der Waals surface area (Å²) in [6.45, 7) is 13.8. The molecule has 7 nitrogen and oxygen atoms in total. The van der Waals surface area contributed by atoms with Crippen molar-refractivity contribution in [1.29, 1.82) is 0 Å². The van der Waals surface area contributed by atoms with Crippen molar-refractivity contribution in [3.8, 4) is 0 Å². The molecule has 0 unspecified atom stereocenters. The van der Waals surface area contributed by atoms with E-state index in [2.05, 4.69) is 27.7 Å². The zero-order valence-electron chi connectivity index (χ0n) is 21.1. The van der Waals surface area contributed by atoms with Crippen molar-refractivity contribution in [1.82, 2.24) is 5.06 Å². The predicted octanol–water partition coefficient (Wildman–Crippen LogP) is 4.36. The van der Waals surface area contributed by atoms with Crippen LogP contribution in [0.2, 0.25) is 0 Å². The first-order valence-corrected chi connectivity index (χ1v) is 11.8. The number of hydrogen-bond donors (Lipinski definition) is 0. The third-order valence-corrected chi connectivity index (χ3v) is 6.29. The summed E-state index contributed by atoms with van der Waals surface area (Å²) >= 11 is 0. The third kappa shape index (κ3) is 6.42. The summed E-state index contributed by atoms with van der Waals surface area (Å²) < 4.78 is 10.5. The van der Waals surface area contributed by atoms with E-state index in [9.17, 15) is 14.4 Å². The number of carbonyl (C=O) groups is 3. The lowest BCUT2D eigenvalue weighted by molar-refractivity contribution is -0.300. The van der Waals surface area contributed by atoms with Crippen LogP contribution in [0.4, 0.5) is 0 Å². The van der Waals surface area contributed by atoms with Gasteiger partial charge in [-0.15, -0.1) is 0 Å².